The number of halogens is 1. The molecule has 0 bridgehead atoms. The van der Waals surface area contributed by atoms with Gasteiger partial charge in [0.25, 0.3) is 0 Å². The van der Waals surface area contributed by atoms with Crippen LogP contribution < -0.4 is 0 Å². The summed E-state index contributed by atoms with van der Waals surface area (Å²) >= 11 is 5.82. The van der Waals surface area contributed by atoms with Gasteiger partial charge in [-0.25, -0.2) is 0 Å². The van der Waals surface area contributed by atoms with E-state index in [0.29, 0.717) is 0 Å². The van der Waals surface area contributed by atoms with E-state index in [-0.39, 0.29) is 0 Å². The molecular formula is C16H12Cl. The molecule has 0 spiro atoms. The summed E-state index contributed by atoms with van der Waals surface area (Å²) in [4.78, 5) is 0. The third kappa shape index (κ3) is 3.37. The van der Waals surface area contributed by atoms with E-state index in [9.17, 15) is 0 Å². The van der Waals surface area contributed by atoms with Crippen molar-refractivity contribution in [1.29, 1.82) is 0 Å². The van der Waals surface area contributed by atoms with Gasteiger partial charge in [-0.1, -0.05) is 36.4 Å². The first-order valence-electron chi connectivity index (χ1n) is 5.55. The maximum absolute atomic E-state index is 5.82. The van der Waals surface area contributed by atoms with Gasteiger partial charge >= 0.3 is 0 Å². The third-order valence-electron chi connectivity index (χ3n) is 2.45. The van der Waals surface area contributed by atoms with E-state index in [1.165, 1.54) is 5.56 Å². The van der Waals surface area contributed by atoms with E-state index in [4.69, 9.17) is 11.6 Å². The molecule has 83 valence electrons. The summed E-state index contributed by atoms with van der Waals surface area (Å²) in [5, 5.41) is 0.733. The van der Waals surface area contributed by atoms with E-state index >= 15 is 0 Å². The maximum Gasteiger partial charge on any atom is 0.0406 e. The predicted molar refractivity (Wildman–Crippen MR) is 72.1 cm³/mol. The first-order chi connectivity index (χ1) is 8.28. The van der Waals surface area contributed by atoms with Gasteiger partial charge in [-0.05, 0) is 54.4 Å². The molecule has 17 heavy (non-hydrogen) atoms. The third-order valence-corrected chi connectivity index (χ3v) is 2.70. The lowest BCUT2D eigenvalue weighted by atomic mass is 10.1. The van der Waals surface area contributed by atoms with Crippen molar-refractivity contribution in [1.82, 2.24) is 0 Å². The van der Waals surface area contributed by atoms with Crippen molar-refractivity contribution < 1.29 is 0 Å². The van der Waals surface area contributed by atoms with Gasteiger partial charge in [-0.15, -0.1) is 0 Å². The van der Waals surface area contributed by atoms with Crippen LogP contribution in [0.2, 0.25) is 5.02 Å². The molecule has 0 aliphatic carbocycles. The van der Waals surface area contributed by atoms with E-state index in [0.717, 1.165) is 22.6 Å². The number of rotatable bonds is 1. The zero-order chi connectivity index (χ0) is 12.1. The highest BCUT2D eigenvalue weighted by atomic mass is 35.5. The Hall–Kier alpha value is -1.71. The van der Waals surface area contributed by atoms with E-state index in [1.807, 2.05) is 36.4 Å². The minimum atomic E-state index is 0.733. The van der Waals surface area contributed by atoms with Gasteiger partial charge in [0.1, 0.15) is 0 Å². The van der Waals surface area contributed by atoms with Crippen LogP contribution in [0.25, 0.3) is 0 Å². The number of benzene rings is 2. The van der Waals surface area contributed by atoms with Crippen molar-refractivity contribution in [3.63, 3.8) is 0 Å². The fourth-order valence-electron chi connectivity index (χ4n) is 1.48. The number of hydrogen-bond donors (Lipinski definition) is 0. The molecule has 0 N–H and O–H groups in total. The van der Waals surface area contributed by atoms with Crippen molar-refractivity contribution in [3.8, 4) is 11.8 Å². The lowest BCUT2D eigenvalue weighted by Gasteiger charge is -1.95. The normalized spacial score (nSPS) is 9.53. The fourth-order valence-corrected chi connectivity index (χ4v) is 1.60. The van der Waals surface area contributed by atoms with E-state index in [1.54, 1.807) is 0 Å². The molecule has 2 aromatic carbocycles. The molecule has 0 aliphatic heterocycles. The second-order valence-electron chi connectivity index (χ2n) is 3.74. The van der Waals surface area contributed by atoms with Gasteiger partial charge in [-0.2, -0.15) is 0 Å². The van der Waals surface area contributed by atoms with Crippen LogP contribution in [-0.2, 0) is 6.42 Å². The summed E-state index contributed by atoms with van der Waals surface area (Å²) in [5.41, 5.74) is 3.23. The maximum atomic E-state index is 5.82. The Morgan fingerprint density at radius 2 is 1.76 bits per heavy atom. The number of hydrogen-bond acceptors (Lipinski definition) is 0. The zero-order valence-corrected chi connectivity index (χ0v) is 10.4. The van der Waals surface area contributed by atoms with Crippen molar-refractivity contribution in [2.75, 3.05) is 0 Å². The zero-order valence-electron chi connectivity index (χ0n) is 9.63. The quantitative estimate of drug-likeness (QED) is 0.658. The van der Waals surface area contributed by atoms with Crippen molar-refractivity contribution in [2.45, 2.75) is 13.3 Å². The van der Waals surface area contributed by atoms with Crippen LogP contribution in [0.4, 0.5) is 0 Å². The molecule has 0 amide bonds. The summed E-state index contributed by atoms with van der Waals surface area (Å²) in [5.74, 6) is 6.24. The molecule has 0 aliphatic rings. The second kappa shape index (κ2) is 5.57. The Morgan fingerprint density at radius 1 is 1.06 bits per heavy atom. The highest BCUT2D eigenvalue weighted by molar-refractivity contribution is 6.30. The second-order valence-corrected chi connectivity index (χ2v) is 4.18. The Bertz CT molecular complexity index is 556. The highest BCUT2D eigenvalue weighted by Crippen LogP contribution is 2.09. The molecule has 2 rings (SSSR count). The van der Waals surface area contributed by atoms with Crippen LogP contribution in [0.1, 0.15) is 23.6 Å². The van der Waals surface area contributed by atoms with Crippen LogP contribution in [0.3, 0.4) is 0 Å². The molecule has 1 heteroatoms. The van der Waals surface area contributed by atoms with Gasteiger partial charge in [0.05, 0.1) is 0 Å². The summed E-state index contributed by atoms with van der Waals surface area (Å²) in [7, 11) is 0. The largest absolute Gasteiger partial charge is 0.0843 e. The molecule has 0 nitrogen and oxygen atoms in total. The van der Waals surface area contributed by atoms with Crippen LogP contribution in [-0.4, -0.2) is 0 Å². The Morgan fingerprint density at radius 3 is 2.47 bits per heavy atom. The Labute approximate surface area is 107 Å². The molecule has 0 fully saturated rings. The van der Waals surface area contributed by atoms with Gasteiger partial charge in [0, 0.05) is 16.1 Å². The smallest absolute Gasteiger partial charge is 0.0406 e. The molecule has 0 aromatic heterocycles. The molecule has 0 saturated heterocycles. The van der Waals surface area contributed by atoms with Crippen molar-refractivity contribution >= 4 is 11.6 Å². The van der Waals surface area contributed by atoms with Crippen LogP contribution in [0, 0.1) is 17.9 Å². The molecule has 0 saturated carbocycles. The first kappa shape index (κ1) is 11.8. The Balaban J connectivity index is 2.23. The van der Waals surface area contributed by atoms with Crippen LogP contribution >= 0.6 is 11.6 Å². The minimum Gasteiger partial charge on any atom is -0.0843 e. The summed E-state index contributed by atoms with van der Waals surface area (Å²) < 4.78 is 0. The lowest BCUT2D eigenvalue weighted by molar-refractivity contribution is 1.14. The summed E-state index contributed by atoms with van der Waals surface area (Å²) in [6.45, 7) is 2.12. The van der Waals surface area contributed by atoms with Gasteiger partial charge in [0.2, 0.25) is 0 Å². The molecular weight excluding hydrogens is 228 g/mol. The van der Waals surface area contributed by atoms with Gasteiger partial charge < -0.3 is 0 Å². The average molecular weight is 240 g/mol. The summed E-state index contributed by atoms with van der Waals surface area (Å²) in [6, 6.07) is 16.6. The fraction of sp³-hybridized carbons (Fsp3) is 0.125. The monoisotopic (exact) mass is 239 g/mol. The van der Waals surface area contributed by atoms with E-state index < -0.39 is 0 Å². The van der Waals surface area contributed by atoms with Gasteiger partial charge in [0.15, 0.2) is 0 Å². The minimum absolute atomic E-state index is 0.733. The first-order valence-corrected chi connectivity index (χ1v) is 5.93. The van der Waals surface area contributed by atoms with Crippen molar-refractivity contribution in [3.05, 3.63) is 70.2 Å². The molecule has 1 radical (unpaired) electrons. The van der Waals surface area contributed by atoms with E-state index in [2.05, 4.69) is 30.9 Å². The van der Waals surface area contributed by atoms with Gasteiger partial charge in [-0.3, -0.25) is 0 Å². The molecule has 0 atom stereocenters. The predicted octanol–water partition coefficient (Wildman–Crippen LogP) is 4.10. The number of aryl methyl sites for hydroxylation is 1. The molecule has 0 heterocycles. The lowest BCUT2D eigenvalue weighted by Crippen LogP contribution is -1.82. The highest BCUT2D eigenvalue weighted by Gasteiger charge is 1.91. The van der Waals surface area contributed by atoms with Crippen LogP contribution in [0.15, 0.2) is 42.5 Å². The average Bonchev–Trinajstić information content (AvgIpc) is 2.38. The Kier molecular flexibility index (Phi) is 3.85. The van der Waals surface area contributed by atoms with Crippen LogP contribution in [0.5, 0.6) is 0 Å². The molecule has 0 unspecified atom stereocenters. The van der Waals surface area contributed by atoms with Crippen molar-refractivity contribution in [2.24, 2.45) is 0 Å². The summed E-state index contributed by atoms with van der Waals surface area (Å²) in [6.07, 6.45) is 1.01. The molecule has 2 aromatic rings. The topological polar surface area (TPSA) is 0 Å². The standard InChI is InChI=1S/C16H12Cl/c1-2-13-4-3-5-15(12-13)7-6-14-8-10-16(17)11-9-14/h4-5,8-12H,2H2,1H3. The SMILES string of the molecule is CCc1c[c]cc(C#Cc2ccc(Cl)cc2)c1.